The molecule has 0 fully saturated rings. The number of amides is 1. The van der Waals surface area contributed by atoms with E-state index in [1.54, 1.807) is 41.0 Å². The second kappa shape index (κ2) is 8.63. The SMILES string of the molecule is CCc1cc([C@@H](Nc2cc(C)ccn2)c2ccsc2)c(NC(=O)c2ccco2)s1. The number of thiophene rings is 2. The molecule has 0 unspecified atom stereocenters. The highest BCUT2D eigenvalue weighted by Crippen LogP contribution is 2.38. The molecule has 1 atom stereocenters. The third-order valence-corrected chi connectivity index (χ3v) is 6.44. The van der Waals surface area contributed by atoms with Crippen molar-refractivity contribution in [2.45, 2.75) is 26.3 Å². The molecule has 0 aliphatic carbocycles. The van der Waals surface area contributed by atoms with Crippen LogP contribution in [0.15, 0.2) is 64.0 Å². The van der Waals surface area contributed by atoms with Crippen molar-refractivity contribution in [3.05, 3.63) is 86.9 Å². The fraction of sp³-hybridized carbons (Fsp3) is 0.182. The summed E-state index contributed by atoms with van der Waals surface area (Å²) in [6.07, 6.45) is 4.20. The molecule has 0 aliphatic rings. The third-order valence-electron chi connectivity index (χ3n) is 4.53. The standard InChI is InChI=1S/C22H21N3O2S2/c1-3-16-12-17(22(29-16)25-21(26)18-5-4-9-27-18)20(15-7-10-28-13-15)24-19-11-14(2)6-8-23-19/h4-13,20H,3H2,1-2H3,(H,23,24)(H,25,26)/t20-/m0/s1. The molecule has 4 aromatic rings. The van der Waals surface area contributed by atoms with Crippen molar-refractivity contribution >= 4 is 39.4 Å². The smallest absolute Gasteiger partial charge is 0.291 e. The molecule has 0 saturated heterocycles. The fourth-order valence-electron chi connectivity index (χ4n) is 3.06. The second-order valence-corrected chi connectivity index (χ2v) is 8.55. The van der Waals surface area contributed by atoms with Gasteiger partial charge in [0.1, 0.15) is 10.8 Å². The summed E-state index contributed by atoms with van der Waals surface area (Å²) in [5.41, 5.74) is 3.29. The first-order valence-corrected chi connectivity index (χ1v) is 11.1. The Labute approximate surface area is 177 Å². The zero-order valence-corrected chi connectivity index (χ0v) is 17.8. The molecule has 0 radical (unpaired) electrons. The Morgan fingerprint density at radius 2 is 2.17 bits per heavy atom. The lowest BCUT2D eigenvalue weighted by atomic mass is 10.0. The van der Waals surface area contributed by atoms with E-state index in [9.17, 15) is 4.79 Å². The van der Waals surface area contributed by atoms with Gasteiger partial charge < -0.3 is 15.1 Å². The highest BCUT2D eigenvalue weighted by atomic mass is 32.1. The van der Waals surface area contributed by atoms with E-state index in [1.165, 1.54) is 11.1 Å². The molecular formula is C22H21N3O2S2. The van der Waals surface area contributed by atoms with Gasteiger partial charge in [0, 0.05) is 16.6 Å². The molecule has 1 amide bonds. The molecular weight excluding hydrogens is 402 g/mol. The summed E-state index contributed by atoms with van der Waals surface area (Å²) >= 11 is 3.24. The maximum atomic E-state index is 12.6. The lowest BCUT2D eigenvalue weighted by Crippen LogP contribution is -2.16. The topological polar surface area (TPSA) is 67.2 Å². The lowest BCUT2D eigenvalue weighted by Gasteiger charge is -2.20. The van der Waals surface area contributed by atoms with E-state index in [1.807, 2.05) is 19.1 Å². The van der Waals surface area contributed by atoms with Crippen molar-refractivity contribution in [1.82, 2.24) is 4.98 Å². The minimum absolute atomic E-state index is 0.126. The zero-order chi connectivity index (χ0) is 20.2. The molecule has 4 heterocycles. The van der Waals surface area contributed by atoms with Gasteiger partial charge in [-0.2, -0.15) is 11.3 Å². The number of hydrogen-bond donors (Lipinski definition) is 2. The van der Waals surface area contributed by atoms with E-state index in [0.717, 1.165) is 33.9 Å². The number of carbonyl (C=O) groups excluding carboxylic acids is 1. The molecule has 0 bridgehead atoms. The van der Waals surface area contributed by atoms with Crippen molar-refractivity contribution < 1.29 is 9.21 Å². The maximum absolute atomic E-state index is 12.6. The van der Waals surface area contributed by atoms with Gasteiger partial charge in [0.25, 0.3) is 5.91 Å². The second-order valence-electron chi connectivity index (χ2n) is 6.63. The Morgan fingerprint density at radius 1 is 1.28 bits per heavy atom. The Bertz CT molecular complexity index is 1090. The summed E-state index contributed by atoms with van der Waals surface area (Å²) in [5, 5.41) is 11.6. The van der Waals surface area contributed by atoms with Crippen molar-refractivity contribution in [2.24, 2.45) is 0 Å². The molecule has 0 spiro atoms. The number of aromatic nitrogens is 1. The quantitative estimate of drug-likeness (QED) is 0.376. The molecule has 0 aromatic carbocycles. The van der Waals surface area contributed by atoms with Crippen LogP contribution in [0.25, 0.3) is 0 Å². The van der Waals surface area contributed by atoms with Crippen LogP contribution in [0.2, 0.25) is 0 Å². The molecule has 148 valence electrons. The summed E-state index contributed by atoms with van der Waals surface area (Å²) in [7, 11) is 0. The molecule has 0 saturated carbocycles. The first kappa shape index (κ1) is 19.4. The van der Waals surface area contributed by atoms with Crippen LogP contribution >= 0.6 is 22.7 Å². The zero-order valence-electron chi connectivity index (χ0n) is 16.1. The van der Waals surface area contributed by atoms with Gasteiger partial charge in [0.15, 0.2) is 5.76 Å². The van der Waals surface area contributed by atoms with E-state index >= 15 is 0 Å². The Kier molecular flexibility index (Phi) is 5.78. The number of hydrogen-bond acceptors (Lipinski definition) is 6. The average molecular weight is 424 g/mol. The van der Waals surface area contributed by atoms with Crippen molar-refractivity contribution in [2.75, 3.05) is 10.6 Å². The highest BCUT2D eigenvalue weighted by Gasteiger charge is 2.23. The Morgan fingerprint density at radius 3 is 2.86 bits per heavy atom. The molecule has 5 nitrogen and oxygen atoms in total. The number of nitrogens with one attached hydrogen (secondary N) is 2. The minimum Gasteiger partial charge on any atom is -0.459 e. The number of anilines is 2. The van der Waals surface area contributed by atoms with Crippen LogP contribution in [-0.2, 0) is 6.42 Å². The summed E-state index contributed by atoms with van der Waals surface area (Å²) in [5.74, 6) is 0.843. The van der Waals surface area contributed by atoms with Gasteiger partial charge in [-0.05, 0) is 71.6 Å². The number of nitrogens with zero attached hydrogens (tertiary/aromatic N) is 1. The van der Waals surface area contributed by atoms with E-state index in [4.69, 9.17) is 4.42 Å². The van der Waals surface area contributed by atoms with Gasteiger partial charge in [-0.15, -0.1) is 11.3 Å². The maximum Gasteiger partial charge on any atom is 0.291 e. The predicted molar refractivity (Wildman–Crippen MR) is 119 cm³/mol. The first-order valence-electron chi connectivity index (χ1n) is 9.32. The number of furan rings is 1. The normalized spacial score (nSPS) is 11.9. The molecule has 4 rings (SSSR count). The van der Waals surface area contributed by atoms with Gasteiger partial charge in [-0.3, -0.25) is 4.79 Å². The van der Waals surface area contributed by atoms with Gasteiger partial charge in [0.05, 0.1) is 12.3 Å². The van der Waals surface area contributed by atoms with Crippen LogP contribution in [0.3, 0.4) is 0 Å². The van der Waals surface area contributed by atoms with Crippen LogP contribution in [-0.4, -0.2) is 10.9 Å². The van der Waals surface area contributed by atoms with Crippen LogP contribution in [0.4, 0.5) is 10.8 Å². The summed E-state index contributed by atoms with van der Waals surface area (Å²) in [6.45, 7) is 4.16. The number of pyridine rings is 1. The van der Waals surface area contributed by atoms with Crippen LogP contribution in [0.5, 0.6) is 0 Å². The first-order chi connectivity index (χ1) is 14.1. The average Bonchev–Trinajstić information content (AvgIpc) is 3.47. The van der Waals surface area contributed by atoms with Crippen LogP contribution in [0, 0.1) is 6.92 Å². The summed E-state index contributed by atoms with van der Waals surface area (Å²) in [4.78, 5) is 18.3. The predicted octanol–water partition coefficient (Wildman–Crippen LogP) is 6.12. The van der Waals surface area contributed by atoms with Gasteiger partial charge >= 0.3 is 0 Å². The van der Waals surface area contributed by atoms with Crippen molar-refractivity contribution in [1.29, 1.82) is 0 Å². The van der Waals surface area contributed by atoms with Crippen LogP contribution in [0.1, 0.15) is 45.1 Å². The Balaban J connectivity index is 1.71. The third kappa shape index (κ3) is 4.41. The monoisotopic (exact) mass is 423 g/mol. The molecule has 4 aromatic heterocycles. The van der Waals surface area contributed by atoms with E-state index in [-0.39, 0.29) is 11.9 Å². The van der Waals surface area contributed by atoms with Gasteiger partial charge in [-0.1, -0.05) is 6.92 Å². The minimum atomic E-state index is -0.251. The number of rotatable bonds is 7. The molecule has 29 heavy (non-hydrogen) atoms. The van der Waals surface area contributed by atoms with Gasteiger partial charge in [0.2, 0.25) is 0 Å². The number of carbonyl (C=O) groups is 1. The summed E-state index contributed by atoms with van der Waals surface area (Å²) < 4.78 is 5.25. The van der Waals surface area contributed by atoms with E-state index < -0.39 is 0 Å². The highest BCUT2D eigenvalue weighted by molar-refractivity contribution is 7.16. The lowest BCUT2D eigenvalue weighted by molar-refractivity contribution is 0.0997. The molecule has 2 N–H and O–H groups in total. The number of aryl methyl sites for hydroxylation is 2. The van der Waals surface area contributed by atoms with E-state index in [0.29, 0.717) is 5.76 Å². The molecule has 7 heteroatoms. The van der Waals surface area contributed by atoms with Gasteiger partial charge in [-0.25, -0.2) is 4.98 Å². The Hall–Kier alpha value is -2.90. The fourth-order valence-corrected chi connectivity index (χ4v) is 4.78. The van der Waals surface area contributed by atoms with Crippen molar-refractivity contribution in [3.63, 3.8) is 0 Å². The summed E-state index contributed by atoms with van der Waals surface area (Å²) in [6, 6.07) is 11.5. The van der Waals surface area contributed by atoms with Crippen LogP contribution < -0.4 is 10.6 Å². The molecule has 0 aliphatic heterocycles. The largest absolute Gasteiger partial charge is 0.459 e. The van der Waals surface area contributed by atoms with Crippen molar-refractivity contribution in [3.8, 4) is 0 Å². The van der Waals surface area contributed by atoms with E-state index in [2.05, 4.69) is 45.4 Å².